The monoisotopic (exact) mass is 437 g/mol. The Labute approximate surface area is 185 Å². The first-order chi connectivity index (χ1) is 15.3. The van der Waals surface area contributed by atoms with Crippen LogP contribution in [0.5, 0.6) is 0 Å². The van der Waals surface area contributed by atoms with Crippen molar-refractivity contribution in [3.05, 3.63) is 83.0 Å². The molecule has 1 unspecified atom stereocenters. The van der Waals surface area contributed by atoms with Gasteiger partial charge < -0.3 is 10.2 Å². The SMILES string of the molecule is C[C@]12Cc3cnn(-c4ccc(F)cc4)c3C=C1CC[C@@]2(CO)CC(O)c1ccc(F)cn1. The molecule has 0 aliphatic heterocycles. The number of allylic oxidation sites excluding steroid dienone is 1. The lowest BCUT2D eigenvalue weighted by atomic mass is 9.59. The van der Waals surface area contributed by atoms with Crippen LogP contribution in [-0.2, 0) is 6.42 Å². The van der Waals surface area contributed by atoms with E-state index in [2.05, 4.69) is 23.1 Å². The molecular formula is C25H25F2N3O2. The zero-order valence-corrected chi connectivity index (χ0v) is 17.8. The van der Waals surface area contributed by atoms with Gasteiger partial charge in [-0.05, 0) is 73.7 Å². The Balaban J connectivity index is 1.48. The summed E-state index contributed by atoms with van der Waals surface area (Å²) in [5.74, 6) is -0.743. The second kappa shape index (κ2) is 7.60. The molecule has 1 aromatic carbocycles. The van der Waals surface area contributed by atoms with Crippen molar-refractivity contribution in [2.45, 2.75) is 38.7 Å². The van der Waals surface area contributed by atoms with Gasteiger partial charge in [-0.25, -0.2) is 13.5 Å². The first kappa shape index (κ1) is 21.0. The zero-order chi connectivity index (χ0) is 22.5. The maximum atomic E-state index is 13.4. The van der Waals surface area contributed by atoms with Crippen LogP contribution < -0.4 is 0 Å². The molecule has 2 aromatic heterocycles. The van der Waals surface area contributed by atoms with Gasteiger partial charge in [0.05, 0.1) is 35.6 Å². The molecule has 1 fully saturated rings. The van der Waals surface area contributed by atoms with Gasteiger partial charge in [-0.2, -0.15) is 5.10 Å². The largest absolute Gasteiger partial charge is 0.396 e. The van der Waals surface area contributed by atoms with Crippen molar-refractivity contribution in [3.8, 4) is 5.69 Å². The van der Waals surface area contributed by atoms with Gasteiger partial charge in [0.25, 0.3) is 0 Å². The third-order valence-corrected chi connectivity index (χ3v) is 7.54. The van der Waals surface area contributed by atoms with Crippen LogP contribution in [0.1, 0.15) is 49.2 Å². The highest BCUT2D eigenvalue weighted by Crippen LogP contribution is 2.62. The maximum Gasteiger partial charge on any atom is 0.141 e. The van der Waals surface area contributed by atoms with Crippen LogP contribution in [0.4, 0.5) is 8.78 Å². The Bertz CT molecular complexity index is 1170. The van der Waals surface area contributed by atoms with Gasteiger partial charge in [-0.15, -0.1) is 0 Å². The topological polar surface area (TPSA) is 71.2 Å². The minimum Gasteiger partial charge on any atom is -0.396 e. The van der Waals surface area contributed by atoms with Gasteiger partial charge in [-0.3, -0.25) is 4.98 Å². The van der Waals surface area contributed by atoms with Gasteiger partial charge in [0.2, 0.25) is 0 Å². The highest BCUT2D eigenvalue weighted by molar-refractivity contribution is 5.62. The van der Waals surface area contributed by atoms with Crippen LogP contribution in [-0.4, -0.2) is 31.6 Å². The molecule has 7 heteroatoms. The number of benzene rings is 1. The van der Waals surface area contributed by atoms with Gasteiger partial charge in [0.1, 0.15) is 11.6 Å². The second-order valence-electron chi connectivity index (χ2n) is 9.18. The fourth-order valence-electron chi connectivity index (χ4n) is 5.52. The lowest BCUT2D eigenvalue weighted by molar-refractivity contribution is -0.0149. The molecule has 0 bridgehead atoms. The highest BCUT2D eigenvalue weighted by atomic mass is 19.1. The predicted octanol–water partition coefficient (Wildman–Crippen LogP) is 4.39. The molecule has 0 amide bonds. The molecule has 0 radical (unpaired) electrons. The van der Waals surface area contributed by atoms with Crippen molar-refractivity contribution in [2.24, 2.45) is 10.8 Å². The van der Waals surface area contributed by atoms with Crippen molar-refractivity contribution in [1.82, 2.24) is 14.8 Å². The van der Waals surface area contributed by atoms with Crippen molar-refractivity contribution in [3.63, 3.8) is 0 Å². The van der Waals surface area contributed by atoms with E-state index in [9.17, 15) is 19.0 Å². The number of nitrogens with zero attached hydrogens (tertiary/aromatic N) is 3. The molecule has 2 aliphatic carbocycles. The summed E-state index contributed by atoms with van der Waals surface area (Å²) < 4.78 is 28.4. The average Bonchev–Trinajstić information content (AvgIpc) is 3.31. The number of aliphatic hydroxyl groups excluding tert-OH is 2. The molecule has 1 saturated carbocycles. The summed E-state index contributed by atoms with van der Waals surface area (Å²) in [6.45, 7) is 2.07. The van der Waals surface area contributed by atoms with E-state index in [1.165, 1.54) is 29.8 Å². The second-order valence-corrected chi connectivity index (χ2v) is 9.18. The van der Waals surface area contributed by atoms with Gasteiger partial charge in [0, 0.05) is 17.4 Å². The van der Waals surface area contributed by atoms with Crippen LogP contribution in [0, 0.1) is 22.5 Å². The Hall–Kier alpha value is -2.90. The molecule has 166 valence electrons. The van der Waals surface area contributed by atoms with Crippen molar-refractivity contribution in [1.29, 1.82) is 0 Å². The van der Waals surface area contributed by atoms with E-state index in [0.29, 0.717) is 18.5 Å². The number of fused-ring (bicyclic) bond motifs is 2. The third-order valence-electron chi connectivity index (χ3n) is 7.54. The summed E-state index contributed by atoms with van der Waals surface area (Å²) in [5, 5.41) is 26.0. The molecule has 5 rings (SSSR count). The summed E-state index contributed by atoms with van der Waals surface area (Å²) in [5.41, 5.74) is 3.53. The van der Waals surface area contributed by atoms with Crippen LogP contribution >= 0.6 is 0 Å². The van der Waals surface area contributed by atoms with Crippen LogP contribution in [0.3, 0.4) is 0 Å². The lowest BCUT2D eigenvalue weighted by Gasteiger charge is -2.46. The molecule has 3 aromatic rings. The fourth-order valence-corrected chi connectivity index (χ4v) is 5.52. The summed E-state index contributed by atoms with van der Waals surface area (Å²) in [6, 6.07) is 9.02. The zero-order valence-electron chi connectivity index (χ0n) is 17.8. The van der Waals surface area contributed by atoms with E-state index < -0.39 is 17.3 Å². The van der Waals surface area contributed by atoms with Gasteiger partial charge in [0.15, 0.2) is 0 Å². The Morgan fingerprint density at radius 1 is 1.09 bits per heavy atom. The van der Waals surface area contributed by atoms with E-state index in [-0.39, 0.29) is 17.8 Å². The summed E-state index contributed by atoms with van der Waals surface area (Å²) in [7, 11) is 0. The smallest absolute Gasteiger partial charge is 0.141 e. The molecule has 2 heterocycles. The average molecular weight is 437 g/mol. The fraction of sp³-hybridized carbons (Fsp3) is 0.360. The summed E-state index contributed by atoms with van der Waals surface area (Å²) in [6.07, 6.45) is 6.71. The van der Waals surface area contributed by atoms with Crippen LogP contribution in [0.15, 0.2) is 54.4 Å². The normalized spacial score (nSPS) is 25.2. The van der Waals surface area contributed by atoms with E-state index in [4.69, 9.17) is 0 Å². The number of pyridine rings is 1. The standard InChI is InChI=1S/C25H25F2N3O2/c1-24-11-16-13-29-30(20-5-2-18(26)3-6-20)22(16)10-17(24)8-9-25(24,15-31)12-23(32)21-7-4-19(27)14-28-21/h2-7,10,13-14,23,31-32H,8-9,11-12,15H2,1H3/t23?,24-,25-/m0/s1. The first-order valence-electron chi connectivity index (χ1n) is 10.8. The van der Waals surface area contributed by atoms with E-state index in [0.717, 1.165) is 36.0 Å². The van der Waals surface area contributed by atoms with E-state index in [1.54, 1.807) is 12.1 Å². The summed E-state index contributed by atoms with van der Waals surface area (Å²) in [4.78, 5) is 4.03. The molecular weight excluding hydrogens is 412 g/mol. The Morgan fingerprint density at radius 3 is 2.53 bits per heavy atom. The Morgan fingerprint density at radius 2 is 1.84 bits per heavy atom. The number of aromatic nitrogens is 3. The van der Waals surface area contributed by atoms with Crippen LogP contribution in [0.2, 0.25) is 0 Å². The number of halogens is 2. The van der Waals surface area contributed by atoms with Crippen molar-refractivity contribution < 1.29 is 19.0 Å². The molecule has 5 nitrogen and oxygen atoms in total. The van der Waals surface area contributed by atoms with Crippen molar-refractivity contribution >= 4 is 6.08 Å². The van der Waals surface area contributed by atoms with Gasteiger partial charge >= 0.3 is 0 Å². The molecule has 0 saturated heterocycles. The third kappa shape index (κ3) is 3.19. The van der Waals surface area contributed by atoms with E-state index >= 15 is 0 Å². The number of hydrogen-bond acceptors (Lipinski definition) is 4. The number of aliphatic hydroxyl groups is 2. The summed E-state index contributed by atoms with van der Waals surface area (Å²) >= 11 is 0. The molecule has 2 aliphatic rings. The highest BCUT2D eigenvalue weighted by Gasteiger charge is 2.56. The molecule has 2 N–H and O–H groups in total. The van der Waals surface area contributed by atoms with Crippen molar-refractivity contribution in [2.75, 3.05) is 6.61 Å². The maximum absolute atomic E-state index is 13.4. The lowest BCUT2D eigenvalue weighted by Crippen LogP contribution is -2.43. The van der Waals surface area contributed by atoms with Crippen LogP contribution in [0.25, 0.3) is 11.8 Å². The predicted molar refractivity (Wildman–Crippen MR) is 116 cm³/mol. The molecule has 0 spiro atoms. The van der Waals surface area contributed by atoms with Gasteiger partial charge in [-0.1, -0.05) is 12.5 Å². The minimum atomic E-state index is -0.901. The quantitative estimate of drug-likeness (QED) is 0.621. The molecule has 32 heavy (non-hydrogen) atoms. The Kier molecular flexibility index (Phi) is 4.98. The first-order valence-corrected chi connectivity index (χ1v) is 10.8. The van der Waals surface area contributed by atoms with E-state index in [1.807, 2.05) is 10.9 Å². The number of rotatable bonds is 5. The molecule has 3 atom stereocenters. The minimum absolute atomic E-state index is 0.0689. The number of hydrogen-bond donors (Lipinski definition) is 2.